The molecule has 1 unspecified atom stereocenters. The lowest BCUT2D eigenvalue weighted by Crippen LogP contribution is -2.10. The molecule has 0 amide bonds. The average Bonchev–Trinajstić information content (AvgIpc) is 2.47. The summed E-state index contributed by atoms with van der Waals surface area (Å²) < 4.78 is 5.45. The fourth-order valence-electron chi connectivity index (χ4n) is 0.985. The van der Waals surface area contributed by atoms with E-state index >= 15 is 0 Å². The van der Waals surface area contributed by atoms with Crippen LogP contribution in [0.15, 0.2) is 23.8 Å². The first kappa shape index (κ1) is 9.20. The summed E-state index contributed by atoms with van der Waals surface area (Å²) >= 11 is 0. The van der Waals surface area contributed by atoms with Gasteiger partial charge in [0.25, 0.3) is 0 Å². The van der Waals surface area contributed by atoms with Crippen LogP contribution < -0.4 is 0 Å². The summed E-state index contributed by atoms with van der Waals surface area (Å²) in [7, 11) is 0. The highest BCUT2D eigenvalue weighted by Crippen LogP contribution is 2.10. The van der Waals surface area contributed by atoms with E-state index in [0.717, 1.165) is 0 Å². The summed E-state index contributed by atoms with van der Waals surface area (Å²) in [5.74, 6) is 0.165. The number of hydrogen-bond acceptors (Lipinski definition) is 2. The molecule has 0 fully saturated rings. The van der Waals surface area contributed by atoms with E-state index in [9.17, 15) is 4.79 Å². The van der Waals surface area contributed by atoms with Gasteiger partial charge in [-0.25, -0.2) is 0 Å². The smallest absolute Gasteiger partial charge is 0.158 e. The van der Waals surface area contributed by atoms with Gasteiger partial charge in [0.05, 0.1) is 12.7 Å². The fraction of sp³-hybridized carbons (Fsp3) is 0.500. The summed E-state index contributed by atoms with van der Waals surface area (Å²) in [6, 6.07) is 0. The third kappa shape index (κ3) is 2.62. The molecule has 0 aliphatic heterocycles. The zero-order valence-corrected chi connectivity index (χ0v) is 7.54. The zero-order chi connectivity index (χ0) is 8.97. The van der Waals surface area contributed by atoms with E-state index in [-0.39, 0.29) is 11.9 Å². The van der Waals surface area contributed by atoms with Crippen molar-refractivity contribution in [3.05, 3.63) is 23.8 Å². The summed E-state index contributed by atoms with van der Waals surface area (Å²) in [5, 5.41) is 0. The van der Waals surface area contributed by atoms with Crippen molar-refractivity contribution in [3.63, 3.8) is 0 Å². The number of ketones is 1. The Labute approximate surface area is 72.9 Å². The number of ether oxygens (including phenoxy) is 1. The largest absolute Gasteiger partial charge is 0.369 e. The van der Waals surface area contributed by atoms with Gasteiger partial charge < -0.3 is 4.74 Å². The molecule has 66 valence electrons. The van der Waals surface area contributed by atoms with Gasteiger partial charge in [0.15, 0.2) is 5.78 Å². The van der Waals surface area contributed by atoms with E-state index in [1.807, 2.05) is 26.0 Å². The lowest BCUT2D eigenvalue weighted by atomic mass is 10.3. The van der Waals surface area contributed by atoms with E-state index in [0.29, 0.717) is 13.0 Å². The zero-order valence-electron chi connectivity index (χ0n) is 7.54. The van der Waals surface area contributed by atoms with Crippen molar-refractivity contribution in [1.29, 1.82) is 0 Å². The van der Waals surface area contributed by atoms with Crippen molar-refractivity contribution in [1.82, 2.24) is 0 Å². The molecule has 2 heteroatoms. The molecule has 0 aromatic carbocycles. The van der Waals surface area contributed by atoms with E-state index < -0.39 is 0 Å². The Hall–Kier alpha value is -0.890. The van der Waals surface area contributed by atoms with Crippen LogP contribution >= 0.6 is 0 Å². The van der Waals surface area contributed by atoms with Crippen LogP contribution in [0.3, 0.4) is 0 Å². The van der Waals surface area contributed by atoms with Gasteiger partial charge in [0.1, 0.15) is 0 Å². The summed E-state index contributed by atoms with van der Waals surface area (Å²) in [4.78, 5) is 10.8. The molecule has 2 nitrogen and oxygen atoms in total. The predicted octanol–water partition coefficient (Wildman–Crippen LogP) is 1.87. The third-order valence-corrected chi connectivity index (χ3v) is 1.92. The number of rotatable bonds is 3. The van der Waals surface area contributed by atoms with Crippen LogP contribution in [-0.2, 0) is 9.53 Å². The van der Waals surface area contributed by atoms with Gasteiger partial charge in [-0.05, 0) is 19.9 Å². The molecule has 1 aliphatic rings. The van der Waals surface area contributed by atoms with Crippen molar-refractivity contribution in [2.75, 3.05) is 6.61 Å². The molecule has 0 bridgehead atoms. The standard InChI is InChI=1S/C10H14O2/c1-3-8(2)7-12-10-5-4-9(11)6-10/h3-5,10H,6-7H2,1-2H3/b8-3+. The second-order valence-corrected chi connectivity index (χ2v) is 3.01. The number of carbonyl (C=O) groups is 1. The summed E-state index contributed by atoms with van der Waals surface area (Å²) in [6.07, 6.45) is 5.95. The maximum atomic E-state index is 10.8. The first-order valence-corrected chi connectivity index (χ1v) is 4.17. The maximum absolute atomic E-state index is 10.8. The van der Waals surface area contributed by atoms with Crippen molar-refractivity contribution >= 4 is 5.78 Å². The lowest BCUT2D eigenvalue weighted by Gasteiger charge is -2.08. The topological polar surface area (TPSA) is 26.3 Å². The minimum absolute atomic E-state index is 0.00685. The fourth-order valence-corrected chi connectivity index (χ4v) is 0.985. The van der Waals surface area contributed by atoms with Crippen LogP contribution in [0, 0.1) is 0 Å². The minimum Gasteiger partial charge on any atom is -0.369 e. The molecular formula is C10H14O2. The molecule has 0 heterocycles. The van der Waals surface area contributed by atoms with Crippen LogP contribution in [0.25, 0.3) is 0 Å². The van der Waals surface area contributed by atoms with Crippen molar-refractivity contribution < 1.29 is 9.53 Å². The average molecular weight is 166 g/mol. The molecule has 0 saturated carbocycles. The van der Waals surface area contributed by atoms with Gasteiger partial charge in [-0.3, -0.25) is 4.79 Å². The summed E-state index contributed by atoms with van der Waals surface area (Å²) in [6.45, 7) is 4.62. The van der Waals surface area contributed by atoms with Crippen molar-refractivity contribution in [2.45, 2.75) is 26.4 Å². The quantitative estimate of drug-likeness (QED) is 0.598. The van der Waals surface area contributed by atoms with Crippen LogP contribution in [0.2, 0.25) is 0 Å². The summed E-state index contributed by atoms with van der Waals surface area (Å²) in [5.41, 5.74) is 1.20. The van der Waals surface area contributed by atoms with Gasteiger partial charge in [-0.2, -0.15) is 0 Å². The predicted molar refractivity (Wildman–Crippen MR) is 47.9 cm³/mol. The van der Waals surface area contributed by atoms with Crippen molar-refractivity contribution in [2.24, 2.45) is 0 Å². The first-order chi connectivity index (χ1) is 5.72. The van der Waals surface area contributed by atoms with Crippen LogP contribution in [0.4, 0.5) is 0 Å². The molecule has 1 atom stereocenters. The molecule has 0 aromatic heterocycles. The normalized spacial score (nSPS) is 23.7. The number of hydrogen-bond donors (Lipinski definition) is 0. The Morgan fingerprint density at radius 3 is 3.08 bits per heavy atom. The highest BCUT2D eigenvalue weighted by molar-refractivity contribution is 5.92. The van der Waals surface area contributed by atoms with Gasteiger partial charge in [-0.1, -0.05) is 17.7 Å². The highest BCUT2D eigenvalue weighted by Gasteiger charge is 2.15. The molecular weight excluding hydrogens is 152 g/mol. The maximum Gasteiger partial charge on any atom is 0.158 e. The molecule has 0 aromatic rings. The minimum atomic E-state index is 0.00685. The van der Waals surface area contributed by atoms with Crippen LogP contribution in [0.1, 0.15) is 20.3 Å². The van der Waals surface area contributed by atoms with E-state index in [1.165, 1.54) is 5.57 Å². The number of allylic oxidation sites excluding steroid dienone is 2. The van der Waals surface area contributed by atoms with Crippen LogP contribution in [-0.4, -0.2) is 18.5 Å². The van der Waals surface area contributed by atoms with Gasteiger partial charge in [0.2, 0.25) is 0 Å². The Morgan fingerprint density at radius 2 is 2.58 bits per heavy atom. The monoisotopic (exact) mass is 166 g/mol. The molecule has 0 spiro atoms. The van der Waals surface area contributed by atoms with Gasteiger partial charge in [-0.15, -0.1) is 0 Å². The van der Waals surface area contributed by atoms with Crippen molar-refractivity contribution in [3.8, 4) is 0 Å². The molecule has 1 rings (SSSR count). The second-order valence-electron chi connectivity index (χ2n) is 3.01. The first-order valence-electron chi connectivity index (χ1n) is 4.17. The van der Waals surface area contributed by atoms with E-state index in [4.69, 9.17) is 4.74 Å². The number of carbonyl (C=O) groups excluding carboxylic acids is 1. The molecule has 1 aliphatic carbocycles. The molecule has 0 radical (unpaired) electrons. The van der Waals surface area contributed by atoms with Gasteiger partial charge in [0, 0.05) is 6.42 Å². The third-order valence-electron chi connectivity index (χ3n) is 1.92. The Bertz CT molecular complexity index is 226. The van der Waals surface area contributed by atoms with Crippen LogP contribution in [0.5, 0.6) is 0 Å². The lowest BCUT2D eigenvalue weighted by molar-refractivity contribution is -0.115. The van der Waals surface area contributed by atoms with E-state index in [2.05, 4.69) is 0 Å². The Morgan fingerprint density at radius 1 is 1.83 bits per heavy atom. The Balaban J connectivity index is 2.26. The molecule has 0 N–H and O–H groups in total. The van der Waals surface area contributed by atoms with Gasteiger partial charge >= 0.3 is 0 Å². The molecule has 12 heavy (non-hydrogen) atoms. The highest BCUT2D eigenvalue weighted by atomic mass is 16.5. The Kier molecular flexibility index (Phi) is 3.23. The second kappa shape index (κ2) is 4.21. The molecule has 0 saturated heterocycles. The SMILES string of the molecule is C/C=C(\C)COC1C=CC(=O)C1. The van der Waals surface area contributed by atoms with E-state index in [1.54, 1.807) is 6.08 Å².